The Morgan fingerprint density at radius 2 is 1.92 bits per heavy atom. The van der Waals surface area contributed by atoms with Crippen LogP contribution in [0.1, 0.15) is 35.2 Å². The molecule has 1 aliphatic rings. The number of ketones is 1. The molecule has 1 aliphatic heterocycles. The smallest absolute Gasteiger partial charge is 0.199 e. The van der Waals surface area contributed by atoms with Gasteiger partial charge in [-0.05, 0) is 48.7 Å². The highest BCUT2D eigenvalue weighted by atomic mass is 16.7. The Balaban J connectivity index is 1.65. The van der Waals surface area contributed by atoms with Gasteiger partial charge in [-0.25, -0.2) is 0 Å². The standard InChI is InChI=1S/C21H22O5/c1-24-16-8-5-15(6-9-16)7-12-19(22)18-11-10-17(14-20(18)23)26-21-4-2-3-13-25-21/h5-12,14,21,23H,2-4,13H2,1H3/b12-7+. The summed E-state index contributed by atoms with van der Waals surface area (Å²) in [5.41, 5.74) is 1.10. The van der Waals surface area contributed by atoms with Crippen molar-refractivity contribution < 1.29 is 24.1 Å². The third-order valence-corrected chi connectivity index (χ3v) is 4.18. The number of ether oxygens (including phenoxy) is 3. The van der Waals surface area contributed by atoms with Crippen LogP contribution in [-0.4, -0.2) is 30.9 Å². The predicted octanol–water partition coefficient (Wildman–Crippen LogP) is 4.20. The number of carbonyl (C=O) groups is 1. The van der Waals surface area contributed by atoms with Crippen LogP contribution in [0.2, 0.25) is 0 Å². The molecule has 1 heterocycles. The highest BCUT2D eigenvalue weighted by Crippen LogP contribution is 2.27. The van der Waals surface area contributed by atoms with Gasteiger partial charge in [0.05, 0.1) is 19.3 Å². The average molecular weight is 354 g/mol. The molecular formula is C21H22O5. The van der Waals surface area contributed by atoms with Crippen molar-refractivity contribution in [2.45, 2.75) is 25.6 Å². The molecule has 0 aromatic heterocycles. The lowest BCUT2D eigenvalue weighted by Crippen LogP contribution is -2.24. The second-order valence-corrected chi connectivity index (χ2v) is 6.06. The summed E-state index contributed by atoms with van der Waals surface area (Å²) in [6.45, 7) is 0.684. The summed E-state index contributed by atoms with van der Waals surface area (Å²) < 4.78 is 16.3. The molecular weight excluding hydrogens is 332 g/mol. The topological polar surface area (TPSA) is 65.0 Å². The van der Waals surface area contributed by atoms with E-state index in [0.29, 0.717) is 12.4 Å². The lowest BCUT2D eigenvalue weighted by Gasteiger charge is -2.23. The Kier molecular flexibility index (Phi) is 5.92. The van der Waals surface area contributed by atoms with Crippen LogP contribution in [0.5, 0.6) is 17.2 Å². The fourth-order valence-corrected chi connectivity index (χ4v) is 2.73. The number of phenolic OH excluding ortho intramolecular Hbond substituents is 1. The molecule has 2 aromatic rings. The zero-order valence-corrected chi connectivity index (χ0v) is 14.7. The van der Waals surface area contributed by atoms with Crippen LogP contribution in [0, 0.1) is 0 Å². The number of methoxy groups -OCH3 is 1. The molecule has 26 heavy (non-hydrogen) atoms. The van der Waals surface area contributed by atoms with Crippen LogP contribution in [0.25, 0.3) is 6.08 Å². The van der Waals surface area contributed by atoms with Gasteiger partial charge in [-0.1, -0.05) is 18.2 Å². The quantitative estimate of drug-likeness (QED) is 0.622. The zero-order chi connectivity index (χ0) is 18.4. The predicted molar refractivity (Wildman–Crippen MR) is 98.7 cm³/mol. The van der Waals surface area contributed by atoms with Gasteiger partial charge in [0.2, 0.25) is 0 Å². The first-order valence-corrected chi connectivity index (χ1v) is 8.63. The molecule has 1 atom stereocenters. The van der Waals surface area contributed by atoms with Crippen molar-refractivity contribution in [3.8, 4) is 17.2 Å². The van der Waals surface area contributed by atoms with Crippen molar-refractivity contribution in [2.24, 2.45) is 0 Å². The Morgan fingerprint density at radius 1 is 1.15 bits per heavy atom. The number of benzene rings is 2. The normalized spacial score (nSPS) is 17.2. The van der Waals surface area contributed by atoms with Crippen molar-refractivity contribution in [1.29, 1.82) is 0 Å². The number of hydrogen-bond donors (Lipinski definition) is 1. The van der Waals surface area contributed by atoms with Crippen LogP contribution >= 0.6 is 0 Å². The molecule has 0 radical (unpaired) electrons. The summed E-state index contributed by atoms with van der Waals surface area (Å²) in [6.07, 6.45) is 5.76. The summed E-state index contributed by atoms with van der Waals surface area (Å²) in [5, 5.41) is 10.2. The maximum atomic E-state index is 12.3. The number of hydrogen-bond acceptors (Lipinski definition) is 5. The first-order chi connectivity index (χ1) is 12.7. The highest BCUT2D eigenvalue weighted by molar-refractivity contribution is 6.08. The van der Waals surface area contributed by atoms with Crippen LogP contribution in [0.15, 0.2) is 48.5 Å². The number of carbonyl (C=O) groups excluding carboxylic acids is 1. The minimum atomic E-state index is -0.292. The van der Waals surface area contributed by atoms with Crippen molar-refractivity contribution in [3.05, 3.63) is 59.7 Å². The average Bonchev–Trinajstić information content (AvgIpc) is 2.67. The van der Waals surface area contributed by atoms with E-state index in [1.807, 2.05) is 24.3 Å². The highest BCUT2D eigenvalue weighted by Gasteiger charge is 2.16. The number of allylic oxidation sites excluding steroid dienone is 1. The zero-order valence-electron chi connectivity index (χ0n) is 14.7. The summed E-state index contributed by atoms with van der Waals surface area (Å²) in [5.74, 6) is 0.857. The molecule has 0 bridgehead atoms. The van der Waals surface area contributed by atoms with E-state index < -0.39 is 0 Å². The number of phenols is 1. The van der Waals surface area contributed by atoms with E-state index in [0.717, 1.165) is 30.6 Å². The van der Waals surface area contributed by atoms with Crippen molar-refractivity contribution >= 4 is 11.9 Å². The van der Waals surface area contributed by atoms with E-state index in [1.165, 1.54) is 12.1 Å². The second kappa shape index (κ2) is 8.54. The molecule has 5 heteroatoms. The van der Waals surface area contributed by atoms with Gasteiger partial charge < -0.3 is 19.3 Å². The molecule has 5 nitrogen and oxygen atoms in total. The minimum Gasteiger partial charge on any atom is -0.507 e. The molecule has 1 fully saturated rings. The fourth-order valence-electron chi connectivity index (χ4n) is 2.73. The second-order valence-electron chi connectivity index (χ2n) is 6.06. The summed E-state index contributed by atoms with van der Waals surface area (Å²) >= 11 is 0. The van der Waals surface area contributed by atoms with Gasteiger partial charge in [-0.15, -0.1) is 0 Å². The van der Waals surface area contributed by atoms with Gasteiger partial charge in [-0.2, -0.15) is 0 Å². The summed E-state index contributed by atoms with van der Waals surface area (Å²) in [6, 6.07) is 12.0. The number of aromatic hydroxyl groups is 1. The van der Waals surface area contributed by atoms with E-state index in [-0.39, 0.29) is 23.4 Å². The van der Waals surface area contributed by atoms with Gasteiger partial charge in [0.1, 0.15) is 17.2 Å². The van der Waals surface area contributed by atoms with Crippen molar-refractivity contribution in [3.63, 3.8) is 0 Å². The van der Waals surface area contributed by atoms with Crippen molar-refractivity contribution in [1.82, 2.24) is 0 Å². The van der Waals surface area contributed by atoms with Gasteiger partial charge in [0.15, 0.2) is 12.1 Å². The van der Waals surface area contributed by atoms with E-state index in [1.54, 1.807) is 25.3 Å². The molecule has 0 saturated carbocycles. The molecule has 0 amide bonds. The van der Waals surface area contributed by atoms with Crippen LogP contribution in [-0.2, 0) is 4.74 Å². The molecule has 0 spiro atoms. The first-order valence-electron chi connectivity index (χ1n) is 8.63. The lowest BCUT2D eigenvalue weighted by atomic mass is 10.1. The first kappa shape index (κ1) is 18.0. The lowest BCUT2D eigenvalue weighted by molar-refractivity contribution is -0.105. The van der Waals surface area contributed by atoms with E-state index in [4.69, 9.17) is 14.2 Å². The van der Waals surface area contributed by atoms with E-state index in [2.05, 4.69) is 0 Å². The van der Waals surface area contributed by atoms with Crippen LogP contribution in [0.4, 0.5) is 0 Å². The molecule has 1 saturated heterocycles. The Morgan fingerprint density at radius 3 is 2.58 bits per heavy atom. The maximum absolute atomic E-state index is 12.3. The Bertz CT molecular complexity index is 773. The monoisotopic (exact) mass is 354 g/mol. The SMILES string of the molecule is COc1ccc(/C=C/C(=O)c2ccc(OC3CCCCO3)cc2O)cc1. The summed E-state index contributed by atoms with van der Waals surface area (Å²) in [4.78, 5) is 12.3. The molecule has 0 aliphatic carbocycles. The minimum absolute atomic E-state index is 0.109. The van der Waals surface area contributed by atoms with E-state index >= 15 is 0 Å². The molecule has 3 rings (SSSR count). The number of rotatable bonds is 6. The Labute approximate surface area is 152 Å². The van der Waals surface area contributed by atoms with Gasteiger partial charge in [0.25, 0.3) is 0 Å². The molecule has 2 aromatic carbocycles. The van der Waals surface area contributed by atoms with Gasteiger partial charge in [-0.3, -0.25) is 4.79 Å². The third-order valence-electron chi connectivity index (χ3n) is 4.18. The van der Waals surface area contributed by atoms with Crippen LogP contribution in [0.3, 0.4) is 0 Å². The maximum Gasteiger partial charge on any atom is 0.199 e. The fraction of sp³-hybridized carbons (Fsp3) is 0.286. The summed E-state index contributed by atoms with van der Waals surface area (Å²) in [7, 11) is 1.60. The molecule has 1 N–H and O–H groups in total. The van der Waals surface area contributed by atoms with Gasteiger partial charge in [0, 0.05) is 12.5 Å². The van der Waals surface area contributed by atoms with Gasteiger partial charge >= 0.3 is 0 Å². The van der Waals surface area contributed by atoms with E-state index in [9.17, 15) is 9.90 Å². The largest absolute Gasteiger partial charge is 0.507 e. The van der Waals surface area contributed by atoms with Crippen molar-refractivity contribution in [2.75, 3.05) is 13.7 Å². The molecule has 1 unspecified atom stereocenters. The third kappa shape index (κ3) is 4.64. The van der Waals surface area contributed by atoms with Crippen LogP contribution < -0.4 is 9.47 Å². The molecule has 136 valence electrons. The Hall–Kier alpha value is -2.79.